The minimum absolute atomic E-state index is 0.0268. The first-order valence-electron chi connectivity index (χ1n) is 9.47. The molecule has 1 heterocycles. The highest BCUT2D eigenvalue weighted by atomic mass is 19.4. The van der Waals surface area contributed by atoms with Crippen LogP contribution in [0.25, 0.3) is 0 Å². The lowest BCUT2D eigenvalue weighted by Gasteiger charge is -2.33. The number of nitriles is 1. The fourth-order valence-corrected chi connectivity index (χ4v) is 3.50. The lowest BCUT2D eigenvalue weighted by Crippen LogP contribution is -2.40. The fourth-order valence-electron chi connectivity index (χ4n) is 3.50. The number of hydrogen-bond donors (Lipinski definition) is 1. The maximum absolute atomic E-state index is 13.2. The summed E-state index contributed by atoms with van der Waals surface area (Å²) in [4.78, 5) is 14.3. The molecule has 29 heavy (non-hydrogen) atoms. The van der Waals surface area contributed by atoms with Gasteiger partial charge in [0.05, 0.1) is 17.2 Å². The highest BCUT2D eigenvalue weighted by Crippen LogP contribution is 2.35. The van der Waals surface area contributed by atoms with Gasteiger partial charge in [0.15, 0.2) is 0 Å². The maximum atomic E-state index is 13.2. The zero-order chi connectivity index (χ0) is 21.0. The van der Waals surface area contributed by atoms with Crippen molar-refractivity contribution in [2.75, 3.05) is 18.0 Å². The van der Waals surface area contributed by atoms with E-state index in [1.165, 1.54) is 12.1 Å². The average Bonchev–Trinajstić information content (AvgIpc) is 2.72. The monoisotopic (exact) mass is 401 g/mol. The number of anilines is 1. The quantitative estimate of drug-likeness (QED) is 0.825. The van der Waals surface area contributed by atoms with Crippen LogP contribution < -0.4 is 10.2 Å². The molecule has 1 amide bonds. The highest BCUT2D eigenvalue weighted by Gasteiger charge is 2.34. The number of nitrogens with one attached hydrogen (secondary N) is 1. The van der Waals surface area contributed by atoms with E-state index in [1.54, 1.807) is 6.07 Å². The molecule has 0 unspecified atom stereocenters. The lowest BCUT2D eigenvalue weighted by atomic mass is 9.95. The summed E-state index contributed by atoms with van der Waals surface area (Å²) >= 11 is 0. The summed E-state index contributed by atoms with van der Waals surface area (Å²) in [5, 5.41) is 11.9. The van der Waals surface area contributed by atoms with E-state index in [9.17, 15) is 18.0 Å². The highest BCUT2D eigenvalue weighted by molar-refractivity contribution is 5.79. The Morgan fingerprint density at radius 2 is 1.83 bits per heavy atom. The van der Waals surface area contributed by atoms with Crippen molar-refractivity contribution in [1.82, 2.24) is 5.32 Å². The Bertz CT molecular complexity index is 908. The number of carbonyl (C=O) groups is 1. The van der Waals surface area contributed by atoms with Crippen molar-refractivity contribution < 1.29 is 18.0 Å². The average molecular weight is 401 g/mol. The summed E-state index contributed by atoms with van der Waals surface area (Å²) in [5.74, 6) is -0.182. The second kappa shape index (κ2) is 8.56. The zero-order valence-electron chi connectivity index (χ0n) is 16.1. The third-order valence-corrected chi connectivity index (χ3v) is 5.25. The number of amides is 1. The molecule has 1 aliphatic heterocycles. The molecule has 2 aromatic carbocycles. The van der Waals surface area contributed by atoms with Crippen LogP contribution in [-0.4, -0.2) is 19.0 Å². The predicted octanol–water partition coefficient (Wildman–Crippen LogP) is 4.42. The molecular formula is C22H22F3N3O. The molecule has 1 aliphatic rings. The van der Waals surface area contributed by atoms with E-state index in [0.717, 1.165) is 17.2 Å². The van der Waals surface area contributed by atoms with Crippen LogP contribution in [-0.2, 0) is 17.5 Å². The van der Waals surface area contributed by atoms with E-state index >= 15 is 0 Å². The van der Waals surface area contributed by atoms with Gasteiger partial charge in [-0.1, -0.05) is 29.8 Å². The van der Waals surface area contributed by atoms with Gasteiger partial charge in [-0.15, -0.1) is 0 Å². The Balaban J connectivity index is 1.58. The Morgan fingerprint density at radius 1 is 1.17 bits per heavy atom. The molecule has 0 spiro atoms. The van der Waals surface area contributed by atoms with Crippen LogP contribution in [0.5, 0.6) is 0 Å². The number of aryl methyl sites for hydroxylation is 1. The van der Waals surface area contributed by atoms with Crippen molar-refractivity contribution >= 4 is 11.6 Å². The minimum Gasteiger partial charge on any atom is -0.371 e. The van der Waals surface area contributed by atoms with Gasteiger partial charge in [0.25, 0.3) is 0 Å². The Hall–Kier alpha value is -3.01. The van der Waals surface area contributed by atoms with Crippen LogP contribution in [0.3, 0.4) is 0 Å². The van der Waals surface area contributed by atoms with Crippen molar-refractivity contribution in [3.63, 3.8) is 0 Å². The largest absolute Gasteiger partial charge is 0.417 e. The van der Waals surface area contributed by atoms with E-state index < -0.39 is 11.7 Å². The van der Waals surface area contributed by atoms with Crippen molar-refractivity contribution in [2.24, 2.45) is 5.92 Å². The van der Waals surface area contributed by atoms with Crippen molar-refractivity contribution in [3.8, 4) is 6.07 Å². The zero-order valence-corrected chi connectivity index (χ0v) is 16.1. The summed E-state index contributed by atoms with van der Waals surface area (Å²) in [5.41, 5.74) is 1.31. The summed E-state index contributed by atoms with van der Waals surface area (Å²) < 4.78 is 39.5. The first-order chi connectivity index (χ1) is 13.8. The molecule has 2 aromatic rings. The van der Waals surface area contributed by atoms with Gasteiger partial charge in [0.2, 0.25) is 5.91 Å². The Kier molecular flexibility index (Phi) is 6.12. The molecule has 3 rings (SSSR count). The molecule has 4 nitrogen and oxygen atoms in total. The standard InChI is InChI=1S/C22H22F3N3O/c1-15-2-4-16(5-3-15)14-27-21(29)17-8-10-28(11-9-17)19-7-6-18(13-26)20(12-19)22(23,24)25/h2-7,12,17H,8-11,14H2,1H3,(H,27,29). The number of alkyl halides is 3. The van der Waals surface area contributed by atoms with Crippen LogP contribution in [0.4, 0.5) is 18.9 Å². The molecule has 0 atom stereocenters. The third-order valence-electron chi connectivity index (χ3n) is 5.25. The summed E-state index contributed by atoms with van der Waals surface area (Å²) in [6.07, 6.45) is -3.43. The Labute approximate surface area is 167 Å². The predicted molar refractivity (Wildman–Crippen MR) is 104 cm³/mol. The molecule has 152 valence electrons. The molecule has 1 N–H and O–H groups in total. The second-order valence-corrected chi connectivity index (χ2v) is 7.30. The number of hydrogen-bond acceptors (Lipinski definition) is 3. The SMILES string of the molecule is Cc1ccc(CNC(=O)C2CCN(c3ccc(C#N)c(C(F)(F)F)c3)CC2)cc1. The van der Waals surface area contributed by atoms with Crippen molar-refractivity contribution in [2.45, 2.75) is 32.5 Å². The van der Waals surface area contributed by atoms with Crippen LogP contribution >= 0.6 is 0 Å². The molecule has 0 radical (unpaired) electrons. The van der Waals surface area contributed by atoms with Gasteiger partial charge in [0, 0.05) is 31.2 Å². The molecule has 0 bridgehead atoms. The summed E-state index contributed by atoms with van der Waals surface area (Å²) in [6.45, 7) is 3.45. The van der Waals surface area contributed by atoms with E-state index in [1.807, 2.05) is 36.1 Å². The summed E-state index contributed by atoms with van der Waals surface area (Å²) in [7, 11) is 0. The van der Waals surface area contributed by atoms with Crippen LogP contribution in [0, 0.1) is 24.2 Å². The van der Waals surface area contributed by atoms with Crippen LogP contribution in [0.2, 0.25) is 0 Å². The van der Waals surface area contributed by atoms with Gasteiger partial charge in [-0.3, -0.25) is 4.79 Å². The van der Waals surface area contributed by atoms with E-state index in [-0.39, 0.29) is 17.4 Å². The Morgan fingerprint density at radius 3 is 2.41 bits per heavy atom. The molecule has 1 fully saturated rings. The normalized spacial score (nSPS) is 15.1. The second-order valence-electron chi connectivity index (χ2n) is 7.30. The van der Waals surface area contributed by atoms with E-state index in [4.69, 9.17) is 5.26 Å². The number of rotatable bonds is 4. The van der Waals surface area contributed by atoms with Gasteiger partial charge in [-0.25, -0.2) is 0 Å². The first kappa shape index (κ1) is 20.7. The minimum atomic E-state index is -4.57. The van der Waals surface area contributed by atoms with Crippen LogP contribution in [0.1, 0.15) is 35.1 Å². The lowest BCUT2D eigenvalue weighted by molar-refractivity contribution is -0.137. The molecule has 1 saturated heterocycles. The van der Waals surface area contributed by atoms with Gasteiger partial charge < -0.3 is 10.2 Å². The molecule has 0 aliphatic carbocycles. The summed E-state index contributed by atoms with van der Waals surface area (Å²) in [6, 6.07) is 13.3. The fraction of sp³-hybridized carbons (Fsp3) is 0.364. The van der Waals surface area contributed by atoms with Crippen LogP contribution in [0.15, 0.2) is 42.5 Å². The number of nitrogens with zero attached hydrogens (tertiary/aromatic N) is 2. The van der Waals surface area contributed by atoms with Gasteiger partial charge in [-0.05, 0) is 43.5 Å². The number of benzene rings is 2. The topological polar surface area (TPSA) is 56.1 Å². The van der Waals surface area contributed by atoms with E-state index in [2.05, 4.69) is 5.32 Å². The maximum Gasteiger partial charge on any atom is 0.417 e. The van der Waals surface area contributed by atoms with Gasteiger partial charge in [0.1, 0.15) is 0 Å². The van der Waals surface area contributed by atoms with E-state index in [0.29, 0.717) is 38.2 Å². The molecule has 0 saturated carbocycles. The van der Waals surface area contributed by atoms with Crippen molar-refractivity contribution in [1.29, 1.82) is 5.26 Å². The molecule has 7 heteroatoms. The van der Waals surface area contributed by atoms with Crippen molar-refractivity contribution in [3.05, 3.63) is 64.7 Å². The first-order valence-corrected chi connectivity index (χ1v) is 9.47. The number of carbonyl (C=O) groups excluding carboxylic acids is 1. The third kappa shape index (κ3) is 5.08. The molecule has 0 aromatic heterocycles. The van der Waals surface area contributed by atoms with Gasteiger partial charge >= 0.3 is 6.18 Å². The molecular weight excluding hydrogens is 379 g/mol. The number of piperidine rings is 1. The van der Waals surface area contributed by atoms with Gasteiger partial charge in [-0.2, -0.15) is 18.4 Å². The number of halogens is 3. The smallest absolute Gasteiger partial charge is 0.371 e.